The van der Waals surface area contributed by atoms with Crippen LogP contribution in [0.25, 0.3) is 0 Å². The van der Waals surface area contributed by atoms with Gasteiger partial charge in [0.1, 0.15) is 0 Å². The Kier molecular flexibility index (Phi) is 13.9. The molecule has 0 radical (unpaired) electrons. The summed E-state index contributed by atoms with van der Waals surface area (Å²) in [7, 11) is 0. The van der Waals surface area contributed by atoms with Gasteiger partial charge in [-0.3, -0.25) is 9.59 Å². The molecular weight excluding hydrogens is 661 g/mol. The van der Waals surface area contributed by atoms with Gasteiger partial charge in [-0.25, -0.2) is 0 Å². The van der Waals surface area contributed by atoms with Crippen LogP contribution in [0.2, 0.25) is 0 Å². The zero-order chi connectivity index (χ0) is 38.5. The normalized spacial score (nSPS) is 10.7. The first kappa shape index (κ1) is 39.2. The maximum Gasteiger partial charge on any atom is 0.254 e. The summed E-state index contributed by atoms with van der Waals surface area (Å²) in [4.78, 5) is 33.3. The number of carbonyl (C=O) groups excluding carboxylic acids is 2. The van der Waals surface area contributed by atoms with Crippen LogP contribution in [0, 0.1) is 13.8 Å². The average Bonchev–Trinajstić information content (AvgIpc) is 3.18. The molecule has 274 valence electrons. The van der Waals surface area contributed by atoms with Gasteiger partial charge in [-0.15, -0.1) is 26.3 Å². The van der Waals surface area contributed by atoms with E-state index in [9.17, 15) is 9.59 Å². The van der Waals surface area contributed by atoms with Crippen LogP contribution in [0.1, 0.15) is 76.4 Å². The summed E-state index contributed by atoms with van der Waals surface area (Å²) >= 11 is 0. The lowest BCUT2D eigenvalue weighted by Gasteiger charge is -2.28. The number of allylic oxidation sites excluding steroid dienone is 4. The zero-order valence-electron chi connectivity index (χ0n) is 31.9. The van der Waals surface area contributed by atoms with Crippen LogP contribution < -0.4 is 0 Å². The van der Waals surface area contributed by atoms with Crippen LogP contribution in [-0.4, -0.2) is 21.6 Å². The van der Waals surface area contributed by atoms with Crippen LogP contribution in [0.4, 0.5) is 0 Å². The lowest BCUT2D eigenvalue weighted by molar-refractivity contribution is 0.0716. The molecule has 0 aromatic heterocycles. The topological polar surface area (TPSA) is 40.6 Å². The minimum atomic E-state index is -0.0787. The second-order valence-electron chi connectivity index (χ2n) is 13.8. The van der Waals surface area contributed by atoms with Gasteiger partial charge in [-0.2, -0.15) is 0 Å². The molecule has 0 aliphatic heterocycles. The number of nitrogens with zero attached hydrogens (tertiary/aromatic N) is 2. The molecule has 5 rings (SSSR count). The SMILES string of the molecule is C=CCc1ccccc1CN(Cc1ccccc1CC=C)C(=O)c1ccc(C(=O)N(Cc2ccccc2CC=C)Cc2ccccc2CC=C)c(C)c1C. The molecule has 0 heterocycles. The first-order chi connectivity index (χ1) is 26.3. The van der Waals surface area contributed by atoms with Crippen LogP contribution in [0.15, 0.2) is 160 Å². The summed E-state index contributed by atoms with van der Waals surface area (Å²) in [5, 5.41) is 0. The van der Waals surface area contributed by atoms with E-state index in [4.69, 9.17) is 0 Å². The van der Waals surface area contributed by atoms with Crippen molar-refractivity contribution in [1.82, 2.24) is 9.80 Å². The molecule has 0 spiro atoms. The first-order valence-electron chi connectivity index (χ1n) is 18.7. The lowest BCUT2D eigenvalue weighted by Crippen LogP contribution is -2.33. The highest BCUT2D eigenvalue weighted by atomic mass is 16.2. The van der Waals surface area contributed by atoms with Crippen molar-refractivity contribution in [2.45, 2.75) is 65.7 Å². The zero-order valence-corrected chi connectivity index (χ0v) is 31.9. The largest absolute Gasteiger partial charge is 0.330 e. The third-order valence-electron chi connectivity index (χ3n) is 10.2. The highest BCUT2D eigenvalue weighted by Crippen LogP contribution is 2.27. The van der Waals surface area contributed by atoms with Gasteiger partial charge in [-0.1, -0.05) is 121 Å². The molecule has 0 aliphatic carbocycles. The summed E-state index contributed by atoms with van der Waals surface area (Å²) < 4.78 is 0. The fourth-order valence-corrected chi connectivity index (χ4v) is 7.11. The summed E-state index contributed by atoms with van der Waals surface area (Å²) in [6.45, 7) is 21.5. The Morgan fingerprint density at radius 3 is 0.852 bits per heavy atom. The van der Waals surface area contributed by atoms with E-state index in [2.05, 4.69) is 74.8 Å². The van der Waals surface area contributed by atoms with Crippen molar-refractivity contribution in [3.05, 3.63) is 227 Å². The molecular formula is C50H52N2O2. The van der Waals surface area contributed by atoms with E-state index in [-0.39, 0.29) is 11.8 Å². The van der Waals surface area contributed by atoms with Gasteiger partial charge in [0.2, 0.25) is 0 Å². The van der Waals surface area contributed by atoms with Crippen molar-refractivity contribution in [1.29, 1.82) is 0 Å². The van der Waals surface area contributed by atoms with E-state index in [1.165, 1.54) is 0 Å². The minimum Gasteiger partial charge on any atom is -0.330 e. The van der Waals surface area contributed by atoms with Crippen molar-refractivity contribution in [2.75, 3.05) is 0 Å². The molecule has 4 heteroatoms. The maximum atomic E-state index is 14.7. The molecule has 0 unspecified atom stereocenters. The quantitative estimate of drug-likeness (QED) is 0.0849. The van der Waals surface area contributed by atoms with Crippen LogP contribution in [-0.2, 0) is 51.9 Å². The predicted molar refractivity (Wildman–Crippen MR) is 224 cm³/mol. The summed E-state index contributed by atoms with van der Waals surface area (Å²) in [6.07, 6.45) is 10.4. The Morgan fingerprint density at radius 2 is 0.630 bits per heavy atom. The van der Waals surface area contributed by atoms with Crippen LogP contribution >= 0.6 is 0 Å². The van der Waals surface area contributed by atoms with Crippen molar-refractivity contribution in [2.24, 2.45) is 0 Å². The third-order valence-corrected chi connectivity index (χ3v) is 10.2. The van der Waals surface area contributed by atoms with E-state index in [1.807, 2.05) is 109 Å². The molecule has 0 fully saturated rings. The van der Waals surface area contributed by atoms with Crippen LogP contribution in [0.3, 0.4) is 0 Å². The van der Waals surface area contributed by atoms with Crippen LogP contribution in [0.5, 0.6) is 0 Å². The summed E-state index contributed by atoms with van der Waals surface area (Å²) in [5.41, 5.74) is 11.7. The number of carbonyl (C=O) groups is 2. The highest BCUT2D eigenvalue weighted by molar-refractivity contribution is 6.00. The van der Waals surface area contributed by atoms with Crippen molar-refractivity contribution >= 4 is 11.8 Å². The molecule has 5 aromatic rings. The first-order valence-corrected chi connectivity index (χ1v) is 18.7. The number of benzene rings is 5. The molecule has 0 N–H and O–H groups in total. The smallest absolute Gasteiger partial charge is 0.254 e. The number of hydrogen-bond acceptors (Lipinski definition) is 2. The van der Waals surface area contributed by atoms with E-state index >= 15 is 0 Å². The lowest BCUT2D eigenvalue weighted by atomic mass is 9.95. The predicted octanol–water partition coefficient (Wildman–Crippen LogP) is 10.9. The molecule has 54 heavy (non-hydrogen) atoms. The molecule has 0 saturated heterocycles. The molecule has 2 amide bonds. The maximum absolute atomic E-state index is 14.7. The Morgan fingerprint density at radius 1 is 0.407 bits per heavy atom. The monoisotopic (exact) mass is 712 g/mol. The van der Waals surface area contributed by atoms with Crippen molar-refractivity contribution in [3.63, 3.8) is 0 Å². The van der Waals surface area contributed by atoms with E-state index in [1.54, 1.807) is 0 Å². The highest BCUT2D eigenvalue weighted by Gasteiger charge is 2.26. The second kappa shape index (κ2) is 19.2. The van der Waals surface area contributed by atoms with Gasteiger partial charge >= 0.3 is 0 Å². The average molecular weight is 713 g/mol. The van der Waals surface area contributed by atoms with Gasteiger partial charge in [0.05, 0.1) is 0 Å². The number of amides is 2. The van der Waals surface area contributed by atoms with Gasteiger partial charge < -0.3 is 9.80 Å². The minimum absolute atomic E-state index is 0.0787. The number of rotatable bonds is 18. The second-order valence-corrected chi connectivity index (χ2v) is 13.8. The standard InChI is InChI=1S/C50H52N2O2/c1-7-19-39-23-11-15-27-43(39)33-51(34-44-28-16-12-24-40(44)20-8-2)49(53)47-31-32-48(38(6)37(47)5)50(54)52(35-45-29-17-13-25-41(45)21-9-3)36-46-30-18-14-26-42(46)22-10-4/h7-18,23-32H,1-4,19-22,33-36H2,5-6H3. The van der Waals surface area contributed by atoms with E-state index in [0.717, 1.165) is 55.6 Å². The summed E-state index contributed by atoms with van der Waals surface area (Å²) in [5.74, 6) is -0.157. The Bertz CT molecular complexity index is 1880. The Balaban J connectivity index is 1.53. The fraction of sp³-hybridized carbons (Fsp3) is 0.200. The van der Waals surface area contributed by atoms with Crippen molar-refractivity contribution in [3.8, 4) is 0 Å². The van der Waals surface area contributed by atoms with Gasteiger partial charge in [0.25, 0.3) is 11.8 Å². The van der Waals surface area contributed by atoms with Gasteiger partial charge in [0.15, 0.2) is 0 Å². The molecule has 0 atom stereocenters. The Labute approximate surface area is 322 Å². The van der Waals surface area contributed by atoms with E-state index in [0.29, 0.717) is 63.0 Å². The molecule has 5 aromatic carbocycles. The fourth-order valence-electron chi connectivity index (χ4n) is 7.11. The molecule has 0 bridgehead atoms. The molecule has 0 saturated carbocycles. The van der Waals surface area contributed by atoms with E-state index < -0.39 is 0 Å². The van der Waals surface area contributed by atoms with Gasteiger partial charge in [-0.05, 0) is 107 Å². The van der Waals surface area contributed by atoms with Crippen molar-refractivity contribution < 1.29 is 9.59 Å². The molecule has 4 nitrogen and oxygen atoms in total. The summed E-state index contributed by atoms with van der Waals surface area (Å²) in [6, 6.07) is 36.6. The third kappa shape index (κ3) is 9.50. The number of hydrogen-bond donors (Lipinski definition) is 0. The molecule has 0 aliphatic rings. The Hall–Kier alpha value is -6.00. The van der Waals surface area contributed by atoms with Gasteiger partial charge in [0, 0.05) is 37.3 Å².